The van der Waals surface area contributed by atoms with Crippen LogP contribution in [-0.4, -0.2) is 35.6 Å². The summed E-state index contributed by atoms with van der Waals surface area (Å²) in [7, 11) is 0. The van der Waals surface area contributed by atoms with Gasteiger partial charge in [-0.25, -0.2) is 0 Å². The molecule has 0 saturated carbocycles. The summed E-state index contributed by atoms with van der Waals surface area (Å²) in [6.45, 7) is 0. The molecule has 1 aromatic rings. The third-order valence-electron chi connectivity index (χ3n) is 3.37. The van der Waals surface area contributed by atoms with E-state index in [1.54, 1.807) is 23.5 Å². The molecule has 0 aliphatic rings. The van der Waals surface area contributed by atoms with E-state index in [4.69, 9.17) is 0 Å². The van der Waals surface area contributed by atoms with E-state index in [1.807, 2.05) is 12.5 Å². The Morgan fingerprint density at radius 2 is 1.20 bits per heavy atom. The van der Waals surface area contributed by atoms with E-state index in [1.165, 1.54) is 11.1 Å². The zero-order valence-electron chi connectivity index (χ0n) is 12.1. The second-order valence-corrected chi connectivity index (χ2v) is 6.87. The SMILES string of the molecule is CSC(C=O)CCc1ccc(CCC(C=O)SC)cc1. The molecule has 1 rings (SSSR count). The van der Waals surface area contributed by atoms with Gasteiger partial charge in [-0.1, -0.05) is 24.3 Å². The van der Waals surface area contributed by atoms with Crippen molar-refractivity contribution >= 4 is 36.1 Å². The largest absolute Gasteiger partial charge is 0.302 e. The van der Waals surface area contributed by atoms with Crippen LogP contribution < -0.4 is 0 Å². The average Bonchev–Trinajstić information content (AvgIpc) is 2.50. The van der Waals surface area contributed by atoms with Gasteiger partial charge in [-0.05, 0) is 49.3 Å². The minimum atomic E-state index is 0.101. The quantitative estimate of drug-likeness (QED) is 0.620. The lowest BCUT2D eigenvalue weighted by atomic mass is 10.0. The van der Waals surface area contributed by atoms with Gasteiger partial charge in [-0.15, -0.1) is 0 Å². The van der Waals surface area contributed by atoms with Crippen LogP contribution in [0.1, 0.15) is 24.0 Å². The normalized spacial score (nSPS) is 13.7. The highest BCUT2D eigenvalue weighted by atomic mass is 32.2. The summed E-state index contributed by atoms with van der Waals surface area (Å²) in [6.07, 6.45) is 9.66. The Morgan fingerprint density at radius 3 is 1.45 bits per heavy atom. The predicted octanol–water partition coefficient (Wildman–Crippen LogP) is 3.41. The summed E-state index contributed by atoms with van der Waals surface area (Å²) >= 11 is 3.21. The van der Waals surface area contributed by atoms with Crippen molar-refractivity contribution < 1.29 is 9.59 Å². The van der Waals surface area contributed by atoms with Crippen molar-refractivity contribution in [3.63, 3.8) is 0 Å². The average molecular weight is 310 g/mol. The molecule has 20 heavy (non-hydrogen) atoms. The van der Waals surface area contributed by atoms with Gasteiger partial charge >= 0.3 is 0 Å². The fourth-order valence-corrected chi connectivity index (χ4v) is 2.90. The van der Waals surface area contributed by atoms with Gasteiger partial charge in [0.2, 0.25) is 0 Å². The summed E-state index contributed by atoms with van der Waals surface area (Å²) in [6, 6.07) is 8.53. The zero-order chi connectivity index (χ0) is 14.8. The second-order valence-electron chi connectivity index (χ2n) is 4.71. The van der Waals surface area contributed by atoms with Crippen molar-refractivity contribution in [2.75, 3.05) is 12.5 Å². The van der Waals surface area contributed by atoms with Crippen LogP contribution in [0.25, 0.3) is 0 Å². The first-order valence-corrected chi connectivity index (χ1v) is 9.35. The Morgan fingerprint density at radius 1 is 0.850 bits per heavy atom. The van der Waals surface area contributed by atoms with E-state index in [0.717, 1.165) is 38.3 Å². The van der Waals surface area contributed by atoms with Gasteiger partial charge in [0.15, 0.2) is 0 Å². The van der Waals surface area contributed by atoms with Gasteiger partial charge in [0.25, 0.3) is 0 Å². The highest BCUT2D eigenvalue weighted by Gasteiger charge is 2.07. The lowest BCUT2D eigenvalue weighted by Crippen LogP contribution is -2.06. The van der Waals surface area contributed by atoms with Crippen LogP contribution in [0.4, 0.5) is 0 Å². The number of aldehydes is 2. The lowest BCUT2D eigenvalue weighted by Gasteiger charge is -2.09. The molecule has 4 heteroatoms. The van der Waals surface area contributed by atoms with Crippen molar-refractivity contribution in [3.8, 4) is 0 Å². The lowest BCUT2D eigenvalue weighted by molar-refractivity contribution is -0.108. The third-order valence-corrected chi connectivity index (χ3v) is 5.27. The van der Waals surface area contributed by atoms with E-state index >= 15 is 0 Å². The molecule has 0 aliphatic heterocycles. The predicted molar refractivity (Wildman–Crippen MR) is 89.8 cm³/mol. The minimum Gasteiger partial charge on any atom is -0.302 e. The van der Waals surface area contributed by atoms with E-state index in [0.29, 0.717) is 0 Å². The minimum absolute atomic E-state index is 0.101. The van der Waals surface area contributed by atoms with Crippen LogP contribution in [0.15, 0.2) is 24.3 Å². The Labute approximate surface area is 130 Å². The van der Waals surface area contributed by atoms with Gasteiger partial charge in [-0.2, -0.15) is 23.5 Å². The maximum Gasteiger partial charge on any atom is 0.132 e. The molecule has 110 valence electrons. The highest BCUT2D eigenvalue weighted by molar-refractivity contribution is 8.00. The molecule has 0 heterocycles. The number of hydrogen-bond donors (Lipinski definition) is 0. The Bertz CT molecular complexity index is 364. The smallest absolute Gasteiger partial charge is 0.132 e. The van der Waals surface area contributed by atoms with Gasteiger partial charge in [0.1, 0.15) is 12.6 Å². The van der Waals surface area contributed by atoms with Crippen LogP contribution in [0.2, 0.25) is 0 Å². The number of benzene rings is 1. The summed E-state index contributed by atoms with van der Waals surface area (Å²) in [4.78, 5) is 21.5. The zero-order valence-corrected chi connectivity index (χ0v) is 13.7. The van der Waals surface area contributed by atoms with Crippen molar-refractivity contribution in [1.29, 1.82) is 0 Å². The Balaban J connectivity index is 2.43. The van der Waals surface area contributed by atoms with E-state index in [-0.39, 0.29) is 10.5 Å². The molecule has 0 saturated heterocycles. The van der Waals surface area contributed by atoms with Crippen molar-refractivity contribution in [2.45, 2.75) is 36.2 Å². The van der Waals surface area contributed by atoms with Crippen molar-refractivity contribution in [1.82, 2.24) is 0 Å². The molecular weight excluding hydrogens is 288 g/mol. The summed E-state index contributed by atoms with van der Waals surface area (Å²) in [5.74, 6) is 0. The summed E-state index contributed by atoms with van der Waals surface area (Å²) < 4.78 is 0. The fourth-order valence-electron chi connectivity index (χ4n) is 1.97. The summed E-state index contributed by atoms with van der Waals surface area (Å²) in [5, 5.41) is 0.203. The molecule has 0 fully saturated rings. The third kappa shape index (κ3) is 6.14. The molecule has 0 bridgehead atoms. The van der Waals surface area contributed by atoms with Gasteiger partial charge in [-0.3, -0.25) is 0 Å². The fraction of sp³-hybridized carbons (Fsp3) is 0.500. The molecular formula is C16H22O2S2. The molecule has 2 nitrogen and oxygen atoms in total. The summed E-state index contributed by atoms with van der Waals surface area (Å²) in [5.41, 5.74) is 2.54. The highest BCUT2D eigenvalue weighted by Crippen LogP contribution is 2.16. The van der Waals surface area contributed by atoms with Crippen molar-refractivity contribution in [3.05, 3.63) is 35.4 Å². The molecule has 0 spiro atoms. The van der Waals surface area contributed by atoms with E-state index in [2.05, 4.69) is 24.3 Å². The Hall–Kier alpha value is -0.740. The van der Waals surface area contributed by atoms with Gasteiger partial charge in [0, 0.05) is 0 Å². The van der Waals surface area contributed by atoms with Gasteiger partial charge in [0.05, 0.1) is 10.5 Å². The van der Waals surface area contributed by atoms with Crippen LogP contribution in [0.5, 0.6) is 0 Å². The Kier molecular flexibility index (Phi) is 8.70. The number of hydrogen-bond acceptors (Lipinski definition) is 4. The number of aryl methyl sites for hydroxylation is 2. The standard InChI is InChI=1S/C16H22O2S2/c1-19-15(11-17)9-7-13-3-5-14(6-4-13)8-10-16(12-18)20-2/h3-6,11-12,15-16H,7-10H2,1-2H3. The topological polar surface area (TPSA) is 34.1 Å². The van der Waals surface area contributed by atoms with Crippen LogP contribution in [-0.2, 0) is 22.4 Å². The molecule has 1 aromatic carbocycles. The first-order valence-electron chi connectivity index (χ1n) is 6.77. The molecule has 2 atom stereocenters. The van der Waals surface area contributed by atoms with Crippen LogP contribution in [0.3, 0.4) is 0 Å². The monoisotopic (exact) mass is 310 g/mol. The molecule has 0 aromatic heterocycles. The van der Waals surface area contributed by atoms with Gasteiger partial charge < -0.3 is 9.59 Å². The van der Waals surface area contributed by atoms with E-state index < -0.39 is 0 Å². The second kappa shape index (κ2) is 10.1. The molecule has 0 N–H and O–H groups in total. The number of carbonyl (C=O) groups excluding carboxylic acids is 2. The van der Waals surface area contributed by atoms with E-state index in [9.17, 15) is 9.59 Å². The number of carbonyl (C=O) groups is 2. The van der Waals surface area contributed by atoms with Crippen molar-refractivity contribution in [2.24, 2.45) is 0 Å². The maximum absolute atomic E-state index is 10.8. The van der Waals surface area contributed by atoms with Crippen LogP contribution in [0, 0.1) is 0 Å². The number of rotatable bonds is 10. The number of thioether (sulfide) groups is 2. The molecule has 0 amide bonds. The van der Waals surface area contributed by atoms with Crippen LogP contribution >= 0.6 is 23.5 Å². The maximum atomic E-state index is 10.8. The molecule has 2 unspecified atom stereocenters. The first kappa shape index (κ1) is 17.3. The molecule has 0 radical (unpaired) electrons. The first-order chi connectivity index (χ1) is 9.73. The molecule has 0 aliphatic carbocycles.